The molecule has 3 aliphatic rings. The Hall–Kier alpha value is -6.40. The number of rotatable bonds is 25. The number of aliphatic hydroxyl groups excluding tert-OH is 2. The van der Waals surface area contributed by atoms with Crippen molar-refractivity contribution in [3.63, 3.8) is 0 Å². The predicted octanol–water partition coefficient (Wildman–Crippen LogP) is -3.22. The van der Waals surface area contributed by atoms with E-state index < -0.39 is 127 Å². The third kappa shape index (κ3) is 15.5. The van der Waals surface area contributed by atoms with Crippen molar-refractivity contribution in [2.24, 2.45) is 34.0 Å². The van der Waals surface area contributed by atoms with Gasteiger partial charge < -0.3 is 73.8 Å². The number of hydrogen-bond donors (Lipinski definition) is 11. The van der Waals surface area contributed by atoms with Crippen LogP contribution in [0, 0.1) is 11.8 Å². The van der Waals surface area contributed by atoms with Gasteiger partial charge in [-0.15, -0.1) is 0 Å². The number of aliphatic hydroxyl groups is 2. The van der Waals surface area contributed by atoms with Gasteiger partial charge in [0.1, 0.15) is 48.3 Å². The molecule has 3 heterocycles. The first-order valence-corrected chi connectivity index (χ1v) is 24.5. The number of aliphatic carboxylic acids is 1. The molecule has 8 amide bonds. The van der Waals surface area contributed by atoms with Crippen LogP contribution in [0.25, 0.3) is 0 Å². The smallest absolute Gasteiger partial charge is 0.326 e. The Kier molecular flexibility index (Phi) is 22.0. The molecule has 0 saturated carbocycles. The fraction of sp³-hybridized carbons (Fsp3) is 0.660. The molecule has 14 N–H and O–H groups in total. The highest BCUT2D eigenvalue weighted by atomic mass is 16.4. The van der Waals surface area contributed by atoms with E-state index in [-0.39, 0.29) is 76.6 Å². The van der Waals surface area contributed by atoms with Crippen LogP contribution in [0.3, 0.4) is 0 Å². The van der Waals surface area contributed by atoms with E-state index in [2.05, 4.69) is 31.6 Å². The largest absolute Gasteiger partial charge is 0.480 e. The number of carbonyl (C=O) groups excluding carboxylic acids is 8. The Bertz CT molecular complexity index is 2070. The summed E-state index contributed by atoms with van der Waals surface area (Å²) in [7, 11) is 0. The van der Waals surface area contributed by atoms with Crippen LogP contribution in [-0.2, 0) is 49.6 Å². The number of hydrogen-bond acceptors (Lipinski definition) is 13. The average molecular weight is 999 g/mol. The molecular formula is C47H74N12O12. The summed E-state index contributed by atoms with van der Waals surface area (Å²) in [5.74, 6) is -7.78. The lowest BCUT2D eigenvalue weighted by Crippen LogP contribution is -2.61. The molecule has 394 valence electrons. The minimum absolute atomic E-state index is 0.00196. The van der Waals surface area contributed by atoms with Crippen LogP contribution < -0.4 is 43.8 Å². The van der Waals surface area contributed by atoms with Crippen molar-refractivity contribution in [2.75, 3.05) is 39.4 Å². The molecule has 10 atom stereocenters. The van der Waals surface area contributed by atoms with E-state index in [0.29, 0.717) is 31.2 Å². The summed E-state index contributed by atoms with van der Waals surface area (Å²) >= 11 is 0. The second-order valence-corrected chi connectivity index (χ2v) is 18.8. The normalized spacial score (nSPS) is 20.7. The molecule has 1 aromatic carbocycles. The molecule has 0 aromatic heterocycles. The second-order valence-electron chi connectivity index (χ2n) is 18.8. The maximum Gasteiger partial charge on any atom is 0.326 e. The van der Waals surface area contributed by atoms with Crippen molar-refractivity contribution >= 4 is 59.2 Å². The number of guanidine groups is 1. The Labute approximate surface area is 413 Å². The van der Waals surface area contributed by atoms with E-state index >= 15 is 0 Å². The van der Waals surface area contributed by atoms with E-state index in [4.69, 9.17) is 17.2 Å². The minimum atomic E-state index is -1.60. The molecular weight excluding hydrogens is 925 g/mol. The molecule has 3 fully saturated rings. The molecule has 1 aromatic rings. The van der Waals surface area contributed by atoms with Gasteiger partial charge in [0.05, 0.1) is 19.3 Å². The lowest BCUT2D eigenvalue weighted by molar-refractivity contribution is -0.149. The maximum atomic E-state index is 14.3. The third-order valence-corrected chi connectivity index (χ3v) is 13.4. The fourth-order valence-corrected chi connectivity index (χ4v) is 9.02. The van der Waals surface area contributed by atoms with Crippen LogP contribution in [-0.4, -0.2) is 183 Å². The van der Waals surface area contributed by atoms with E-state index in [1.165, 1.54) is 14.7 Å². The monoisotopic (exact) mass is 999 g/mol. The number of carbonyl (C=O) groups is 9. The van der Waals surface area contributed by atoms with Crippen LogP contribution >= 0.6 is 0 Å². The predicted molar refractivity (Wildman–Crippen MR) is 258 cm³/mol. The van der Waals surface area contributed by atoms with Crippen LogP contribution in [0.1, 0.15) is 91.0 Å². The molecule has 0 aliphatic carbocycles. The van der Waals surface area contributed by atoms with E-state index in [9.17, 15) is 58.5 Å². The zero-order valence-corrected chi connectivity index (χ0v) is 41.1. The Morgan fingerprint density at radius 2 is 1.18 bits per heavy atom. The summed E-state index contributed by atoms with van der Waals surface area (Å²) in [5, 5.41) is 43.1. The Morgan fingerprint density at radius 1 is 0.676 bits per heavy atom. The molecule has 4 rings (SSSR count). The number of nitrogens with zero attached hydrogens (tertiary/aromatic N) is 4. The first-order chi connectivity index (χ1) is 33.7. The first-order valence-electron chi connectivity index (χ1n) is 24.5. The zero-order valence-electron chi connectivity index (χ0n) is 41.1. The van der Waals surface area contributed by atoms with E-state index in [0.717, 1.165) is 0 Å². The van der Waals surface area contributed by atoms with Gasteiger partial charge in [0.15, 0.2) is 5.96 Å². The van der Waals surface area contributed by atoms with E-state index in [1.54, 1.807) is 51.1 Å². The van der Waals surface area contributed by atoms with Gasteiger partial charge in [-0.1, -0.05) is 64.4 Å². The summed E-state index contributed by atoms with van der Waals surface area (Å²) in [6, 6.07) is -2.13. The van der Waals surface area contributed by atoms with Crippen molar-refractivity contribution in [2.45, 2.75) is 146 Å². The number of benzene rings is 1. The molecule has 3 aliphatic heterocycles. The highest BCUT2D eigenvalue weighted by Gasteiger charge is 2.45. The molecule has 0 spiro atoms. The van der Waals surface area contributed by atoms with Crippen LogP contribution in [0.4, 0.5) is 0 Å². The van der Waals surface area contributed by atoms with Crippen molar-refractivity contribution in [1.82, 2.24) is 41.3 Å². The lowest BCUT2D eigenvalue weighted by atomic mass is 9.99. The summed E-state index contributed by atoms with van der Waals surface area (Å²) in [5.41, 5.74) is 17.7. The summed E-state index contributed by atoms with van der Waals surface area (Å²) in [6.07, 6.45) is 2.67. The van der Waals surface area contributed by atoms with Crippen molar-refractivity contribution in [1.29, 1.82) is 0 Å². The molecule has 0 bridgehead atoms. The topological polar surface area (TPSA) is 375 Å². The second kappa shape index (κ2) is 27.3. The number of carboxylic acid groups (broad SMARTS) is 1. The van der Waals surface area contributed by atoms with Gasteiger partial charge in [-0.25, -0.2) is 4.79 Å². The zero-order chi connectivity index (χ0) is 52.5. The van der Waals surface area contributed by atoms with Gasteiger partial charge in [-0.3, -0.25) is 43.3 Å². The molecule has 0 radical (unpaired) electrons. The standard InChI is InChI=1S/C47H74N12O12/c1-5-27(4)36(48)42(66)55-32(25-61)39(63)56-37(26(2)3)45(69)59-22-12-18-35(59)44(68)58-21-11-17-34(58)41(65)54-31(24-60)38(62)52-29(15-9-19-51-47(49)50)43(67)57-20-10-16-33(57)40(64)53-30(46(70)71)23-28-13-7-6-8-14-28/h6-8,13-14,26-27,29-37,60-61H,5,9-12,15-25,48H2,1-4H3,(H,52,62)(H,53,64)(H,54,65)(H,55,66)(H,56,63)(H,70,71)(H4,49,50,51)/t27-,29-,30-,31-,32-,33-,34-,35-,36-,37-/m0/s1. The number of nitrogens with two attached hydrogens (primary N) is 3. The van der Waals surface area contributed by atoms with Crippen LogP contribution in [0.15, 0.2) is 35.3 Å². The SMILES string of the molecule is CC[C@H](C)[C@H](N)C(=O)N[C@@H](CO)C(=O)N[C@H](C(=O)N1CCC[C@H]1C(=O)N1CCC[C@H]1C(=O)N[C@@H](CO)C(=O)N[C@@H](CCCN=C(N)N)C(=O)N1CCC[C@H]1C(=O)N[C@@H](Cc1ccccc1)C(=O)O)C(C)C. The Balaban J connectivity index is 1.44. The molecule has 71 heavy (non-hydrogen) atoms. The van der Waals surface area contributed by atoms with Gasteiger partial charge in [0.2, 0.25) is 47.3 Å². The molecule has 3 saturated heterocycles. The summed E-state index contributed by atoms with van der Waals surface area (Å²) < 4.78 is 0. The first kappa shape index (κ1) is 57.2. The summed E-state index contributed by atoms with van der Waals surface area (Å²) in [6.45, 7) is 5.85. The van der Waals surface area contributed by atoms with Gasteiger partial charge >= 0.3 is 5.97 Å². The quantitative estimate of drug-likeness (QED) is 0.0261. The third-order valence-electron chi connectivity index (χ3n) is 13.4. The average Bonchev–Trinajstić information content (AvgIpc) is 4.16. The van der Waals surface area contributed by atoms with Gasteiger partial charge in [-0.2, -0.15) is 0 Å². The van der Waals surface area contributed by atoms with Crippen LogP contribution in [0.5, 0.6) is 0 Å². The van der Waals surface area contributed by atoms with Crippen molar-refractivity contribution < 1.29 is 58.5 Å². The molecule has 0 unspecified atom stereocenters. The van der Waals surface area contributed by atoms with Crippen molar-refractivity contribution in [3.8, 4) is 0 Å². The highest BCUT2D eigenvalue weighted by molar-refractivity contribution is 5.98. The van der Waals surface area contributed by atoms with E-state index in [1.807, 2.05) is 6.92 Å². The van der Waals surface area contributed by atoms with Gasteiger partial charge in [0, 0.05) is 32.6 Å². The molecule has 24 nitrogen and oxygen atoms in total. The number of amides is 8. The number of likely N-dealkylation sites (tertiary alicyclic amines) is 3. The van der Waals surface area contributed by atoms with Crippen molar-refractivity contribution in [3.05, 3.63) is 35.9 Å². The maximum absolute atomic E-state index is 14.3. The number of carboxylic acids is 1. The van der Waals surface area contributed by atoms with Gasteiger partial charge in [-0.05, 0) is 68.8 Å². The highest BCUT2D eigenvalue weighted by Crippen LogP contribution is 2.27. The molecule has 24 heteroatoms. The fourth-order valence-electron chi connectivity index (χ4n) is 9.02. The number of aliphatic imine (C=N–C) groups is 1. The lowest BCUT2D eigenvalue weighted by Gasteiger charge is -2.34. The number of nitrogens with one attached hydrogen (secondary N) is 5. The van der Waals surface area contributed by atoms with Gasteiger partial charge in [0.25, 0.3) is 0 Å². The Morgan fingerprint density at radius 3 is 1.73 bits per heavy atom. The minimum Gasteiger partial charge on any atom is -0.480 e. The summed E-state index contributed by atoms with van der Waals surface area (Å²) in [4.78, 5) is 130. The van der Waals surface area contributed by atoms with Crippen LogP contribution in [0.2, 0.25) is 0 Å².